The molecule has 2 aromatic rings. The second-order valence-corrected chi connectivity index (χ2v) is 6.77. The minimum atomic E-state index is -0.240. The van der Waals surface area contributed by atoms with Gasteiger partial charge in [0.1, 0.15) is 0 Å². The highest BCUT2D eigenvalue weighted by Gasteiger charge is 2.15. The number of thiazole rings is 2. The van der Waals surface area contributed by atoms with Gasteiger partial charge in [0.05, 0.1) is 35.5 Å². The van der Waals surface area contributed by atoms with Gasteiger partial charge in [-0.2, -0.15) is 0 Å². The maximum absolute atomic E-state index is 11.4. The highest BCUT2D eigenvalue weighted by Crippen LogP contribution is 2.28. The molecule has 0 bridgehead atoms. The predicted octanol–water partition coefficient (Wildman–Crippen LogP) is 3.50. The van der Waals surface area contributed by atoms with Crippen molar-refractivity contribution in [2.75, 3.05) is 11.9 Å². The van der Waals surface area contributed by atoms with Crippen LogP contribution in [0.5, 0.6) is 0 Å². The van der Waals surface area contributed by atoms with Crippen LogP contribution in [0.2, 0.25) is 0 Å². The molecule has 0 aliphatic carbocycles. The summed E-state index contributed by atoms with van der Waals surface area (Å²) in [7, 11) is 0. The van der Waals surface area contributed by atoms with Gasteiger partial charge in [-0.1, -0.05) is 0 Å². The van der Waals surface area contributed by atoms with Crippen molar-refractivity contribution in [3.05, 3.63) is 26.7 Å². The Morgan fingerprint density at radius 3 is 2.81 bits per heavy atom. The summed E-state index contributed by atoms with van der Waals surface area (Å²) in [6.45, 7) is 8.31. The van der Waals surface area contributed by atoms with Crippen molar-refractivity contribution in [3.63, 3.8) is 0 Å². The van der Waals surface area contributed by atoms with Crippen molar-refractivity contribution in [1.29, 1.82) is 0 Å². The van der Waals surface area contributed by atoms with Crippen LogP contribution in [0, 0.1) is 13.8 Å². The van der Waals surface area contributed by atoms with Gasteiger partial charge >= 0.3 is 5.97 Å². The lowest BCUT2D eigenvalue weighted by atomic mass is 10.2. The van der Waals surface area contributed by atoms with Gasteiger partial charge < -0.3 is 10.1 Å². The number of nitrogens with one attached hydrogen (secondary N) is 1. The van der Waals surface area contributed by atoms with E-state index in [9.17, 15) is 4.79 Å². The summed E-state index contributed by atoms with van der Waals surface area (Å²) in [4.78, 5) is 21.5. The Morgan fingerprint density at radius 1 is 1.43 bits per heavy atom. The lowest BCUT2D eigenvalue weighted by Gasteiger charge is -2.11. The minimum absolute atomic E-state index is 0.151. The molecule has 1 unspecified atom stereocenters. The predicted molar refractivity (Wildman–Crippen MR) is 86.1 cm³/mol. The van der Waals surface area contributed by atoms with Crippen LogP contribution in [0.1, 0.15) is 41.2 Å². The van der Waals surface area contributed by atoms with Gasteiger partial charge in [-0.05, 0) is 27.7 Å². The Morgan fingerprint density at radius 2 is 2.19 bits per heavy atom. The smallest absolute Gasteiger partial charge is 0.311 e. The number of esters is 1. The first-order valence-electron chi connectivity index (χ1n) is 6.80. The third kappa shape index (κ3) is 4.25. The maximum atomic E-state index is 11.4. The van der Waals surface area contributed by atoms with Gasteiger partial charge in [-0.3, -0.25) is 4.79 Å². The number of anilines is 1. The van der Waals surface area contributed by atoms with Crippen molar-refractivity contribution < 1.29 is 9.53 Å². The van der Waals surface area contributed by atoms with E-state index in [1.807, 2.05) is 19.2 Å². The van der Waals surface area contributed by atoms with Gasteiger partial charge in [0.25, 0.3) is 0 Å². The molecule has 2 rings (SSSR count). The topological polar surface area (TPSA) is 64.1 Å². The molecule has 2 aromatic heterocycles. The lowest BCUT2D eigenvalue weighted by molar-refractivity contribution is -0.142. The molecule has 0 spiro atoms. The van der Waals surface area contributed by atoms with Crippen molar-refractivity contribution in [2.24, 2.45) is 0 Å². The molecule has 21 heavy (non-hydrogen) atoms. The van der Waals surface area contributed by atoms with E-state index < -0.39 is 0 Å². The molecule has 0 aliphatic rings. The fraction of sp³-hybridized carbons (Fsp3) is 0.500. The first-order valence-corrected chi connectivity index (χ1v) is 8.49. The van der Waals surface area contributed by atoms with Crippen LogP contribution in [0.15, 0.2) is 5.38 Å². The monoisotopic (exact) mass is 325 g/mol. The fourth-order valence-electron chi connectivity index (χ4n) is 2.01. The van der Waals surface area contributed by atoms with E-state index in [1.165, 1.54) is 16.2 Å². The number of rotatable bonds is 6. The summed E-state index contributed by atoms with van der Waals surface area (Å²) >= 11 is 3.19. The minimum Gasteiger partial charge on any atom is -0.466 e. The van der Waals surface area contributed by atoms with Crippen LogP contribution in [0.25, 0.3) is 0 Å². The number of nitrogens with zero attached hydrogens (tertiary/aromatic N) is 2. The Bertz CT molecular complexity index is 622. The Hall–Kier alpha value is -1.47. The molecule has 7 heteroatoms. The van der Waals surface area contributed by atoms with Crippen LogP contribution in [-0.2, 0) is 16.0 Å². The average Bonchev–Trinajstić information content (AvgIpc) is 2.96. The number of carbonyl (C=O) groups excluding carboxylic acids is 1. The quantitative estimate of drug-likeness (QED) is 0.824. The molecule has 0 aliphatic heterocycles. The van der Waals surface area contributed by atoms with E-state index >= 15 is 0 Å². The lowest BCUT2D eigenvalue weighted by Crippen LogP contribution is -2.09. The van der Waals surface area contributed by atoms with Crippen LogP contribution in [-0.4, -0.2) is 22.5 Å². The van der Waals surface area contributed by atoms with Crippen LogP contribution in [0.4, 0.5) is 5.13 Å². The Balaban J connectivity index is 1.99. The number of aryl methyl sites for hydroxylation is 2. The molecule has 1 N–H and O–H groups in total. The Kier molecular flexibility index (Phi) is 5.30. The molecule has 0 aromatic carbocycles. The van der Waals surface area contributed by atoms with Crippen LogP contribution >= 0.6 is 22.7 Å². The van der Waals surface area contributed by atoms with Gasteiger partial charge in [0.15, 0.2) is 5.13 Å². The standard InChI is InChI=1S/C14H19N3O2S2/c1-5-19-12(18)6-11-7-20-14(17-11)16-9(3)13-8(2)15-10(4)21-13/h7,9H,5-6H2,1-4H3,(H,16,17). The van der Waals surface area contributed by atoms with Gasteiger partial charge in [-0.15, -0.1) is 22.7 Å². The summed E-state index contributed by atoms with van der Waals surface area (Å²) in [5, 5.41) is 7.13. The zero-order chi connectivity index (χ0) is 15.4. The van der Waals surface area contributed by atoms with Crippen molar-refractivity contribution in [1.82, 2.24) is 9.97 Å². The van der Waals surface area contributed by atoms with Crippen molar-refractivity contribution in [3.8, 4) is 0 Å². The molecule has 0 amide bonds. The molecule has 0 saturated heterocycles. The van der Waals surface area contributed by atoms with Crippen LogP contribution < -0.4 is 5.32 Å². The molecule has 2 heterocycles. The van der Waals surface area contributed by atoms with Crippen molar-refractivity contribution in [2.45, 2.75) is 40.2 Å². The van der Waals surface area contributed by atoms with E-state index in [4.69, 9.17) is 4.74 Å². The number of hydrogen-bond donors (Lipinski definition) is 1. The van der Waals surface area contributed by atoms with E-state index in [-0.39, 0.29) is 18.4 Å². The molecule has 114 valence electrons. The Labute approximate surface area is 132 Å². The van der Waals surface area contributed by atoms with E-state index in [2.05, 4.69) is 22.2 Å². The molecule has 5 nitrogen and oxygen atoms in total. The first-order chi connectivity index (χ1) is 9.99. The molecular formula is C14H19N3O2S2. The molecular weight excluding hydrogens is 306 g/mol. The van der Waals surface area contributed by atoms with Gasteiger partial charge in [-0.25, -0.2) is 9.97 Å². The maximum Gasteiger partial charge on any atom is 0.311 e. The first kappa shape index (κ1) is 15.9. The summed E-state index contributed by atoms with van der Waals surface area (Å²) in [5.41, 5.74) is 1.80. The normalized spacial score (nSPS) is 12.2. The van der Waals surface area contributed by atoms with Crippen LogP contribution in [0.3, 0.4) is 0 Å². The SMILES string of the molecule is CCOC(=O)Cc1csc(NC(C)c2sc(C)nc2C)n1. The van der Waals surface area contributed by atoms with E-state index in [0.717, 1.165) is 21.5 Å². The number of hydrogen-bond acceptors (Lipinski definition) is 7. The zero-order valence-corrected chi connectivity index (χ0v) is 14.2. The number of ether oxygens (including phenoxy) is 1. The highest BCUT2D eigenvalue weighted by molar-refractivity contribution is 7.14. The summed E-state index contributed by atoms with van der Waals surface area (Å²) in [5.74, 6) is -0.240. The van der Waals surface area contributed by atoms with Gasteiger partial charge in [0.2, 0.25) is 0 Å². The third-order valence-corrected chi connectivity index (χ3v) is 4.93. The zero-order valence-electron chi connectivity index (χ0n) is 12.6. The van der Waals surface area contributed by atoms with E-state index in [1.54, 1.807) is 18.3 Å². The molecule has 0 fully saturated rings. The van der Waals surface area contributed by atoms with Gasteiger partial charge in [0, 0.05) is 10.3 Å². The fourth-order valence-corrected chi connectivity index (χ4v) is 3.74. The molecule has 1 atom stereocenters. The second-order valence-electron chi connectivity index (χ2n) is 4.67. The molecule has 0 saturated carbocycles. The summed E-state index contributed by atoms with van der Waals surface area (Å²) in [6, 6.07) is 0.151. The molecule has 0 radical (unpaired) electrons. The average molecular weight is 325 g/mol. The third-order valence-electron chi connectivity index (χ3n) is 2.86. The highest BCUT2D eigenvalue weighted by atomic mass is 32.1. The summed E-state index contributed by atoms with van der Waals surface area (Å²) in [6.07, 6.45) is 0.221. The van der Waals surface area contributed by atoms with E-state index in [0.29, 0.717) is 6.61 Å². The number of carbonyl (C=O) groups is 1. The number of aromatic nitrogens is 2. The van der Waals surface area contributed by atoms with Crippen molar-refractivity contribution >= 4 is 33.8 Å². The summed E-state index contributed by atoms with van der Waals surface area (Å²) < 4.78 is 4.92. The second kappa shape index (κ2) is 7.00. The largest absolute Gasteiger partial charge is 0.466 e.